The number of rotatable bonds is 6. The minimum absolute atomic E-state index is 0.0722. The summed E-state index contributed by atoms with van der Waals surface area (Å²) in [6.45, 7) is 5.92. The molecule has 0 aliphatic carbocycles. The summed E-state index contributed by atoms with van der Waals surface area (Å²) >= 11 is 1.38. The molecule has 0 saturated heterocycles. The Morgan fingerprint density at radius 3 is 2.58 bits per heavy atom. The van der Waals surface area contributed by atoms with Crippen LogP contribution in [0.1, 0.15) is 25.3 Å². The molecule has 2 aromatic rings. The molecule has 0 radical (unpaired) electrons. The van der Waals surface area contributed by atoms with Crippen LogP contribution in [0.3, 0.4) is 0 Å². The largest absolute Gasteiger partial charge is 0.384 e. The van der Waals surface area contributed by atoms with Gasteiger partial charge in [0, 0.05) is 18.5 Å². The van der Waals surface area contributed by atoms with E-state index in [0.717, 1.165) is 16.0 Å². The van der Waals surface area contributed by atoms with Gasteiger partial charge < -0.3 is 11.1 Å². The van der Waals surface area contributed by atoms with Crippen LogP contribution in [-0.4, -0.2) is 26.6 Å². The van der Waals surface area contributed by atoms with Crippen LogP contribution in [0.25, 0.3) is 11.3 Å². The van der Waals surface area contributed by atoms with Gasteiger partial charge in [0.2, 0.25) is 5.91 Å². The Labute approximate surface area is 143 Å². The predicted molar refractivity (Wildman–Crippen MR) is 94.2 cm³/mol. The van der Waals surface area contributed by atoms with Crippen molar-refractivity contribution in [3.05, 3.63) is 31.2 Å². The number of nitrogens with one attached hydrogen (secondary N) is 1. The van der Waals surface area contributed by atoms with Gasteiger partial charge in [0.15, 0.2) is 0 Å². The molecule has 0 aliphatic rings. The molecule has 9 heteroatoms. The fourth-order valence-corrected chi connectivity index (χ4v) is 2.95. The highest BCUT2D eigenvalue weighted by molar-refractivity contribution is 7.09. The molecule has 1 amide bonds. The number of aryl methyl sites for hydroxylation is 1. The molecule has 0 aliphatic heterocycles. The van der Waals surface area contributed by atoms with E-state index in [1.54, 1.807) is 12.3 Å². The Morgan fingerprint density at radius 2 is 2.04 bits per heavy atom. The number of thiazole rings is 1. The number of anilines is 1. The van der Waals surface area contributed by atoms with Crippen molar-refractivity contribution >= 4 is 23.1 Å². The van der Waals surface area contributed by atoms with Crippen molar-refractivity contribution in [2.24, 2.45) is 0 Å². The Kier molecular flexibility index (Phi) is 5.55. The van der Waals surface area contributed by atoms with E-state index in [1.807, 2.05) is 13.8 Å². The van der Waals surface area contributed by atoms with Gasteiger partial charge >= 0.3 is 5.69 Å². The molecule has 130 valence electrons. The third-order valence-electron chi connectivity index (χ3n) is 3.53. The number of nitrogen functional groups attached to an aromatic ring is 1. The normalized spacial score (nSPS) is 10.8. The maximum Gasteiger partial charge on any atom is 0.333 e. The van der Waals surface area contributed by atoms with Gasteiger partial charge in [-0.3, -0.25) is 18.7 Å². The first kappa shape index (κ1) is 17.9. The third-order valence-corrected chi connectivity index (χ3v) is 4.31. The molecule has 2 aromatic heterocycles. The van der Waals surface area contributed by atoms with Crippen LogP contribution in [0.2, 0.25) is 0 Å². The Hall–Kier alpha value is -2.42. The van der Waals surface area contributed by atoms with Crippen molar-refractivity contribution in [3.8, 4) is 11.3 Å². The second-order valence-electron chi connectivity index (χ2n) is 5.28. The van der Waals surface area contributed by atoms with E-state index in [4.69, 9.17) is 5.73 Å². The molecule has 24 heavy (non-hydrogen) atoms. The summed E-state index contributed by atoms with van der Waals surface area (Å²) in [4.78, 5) is 41.5. The standard InChI is InChI=1S/C15H21N5O3S/c1-4-6-17-11(21)7-20-14(22)12(10-8-24-9(3)18-10)13(16)19(5-2)15(20)23/h8H,4-7,16H2,1-3H3,(H,17,21). The van der Waals surface area contributed by atoms with E-state index >= 15 is 0 Å². The summed E-state index contributed by atoms with van der Waals surface area (Å²) in [6.07, 6.45) is 0.769. The van der Waals surface area contributed by atoms with Gasteiger partial charge in [0.25, 0.3) is 5.56 Å². The summed E-state index contributed by atoms with van der Waals surface area (Å²) in [5.74, 6) is -0.313. The third kappa shape index (κ3) is 3.40. The quantitative estimate of drug-likeness (QED) is 0.790. The van der Waals surface area contributed by atoms with Gasteiger partial charge in [-0.25, -0.2) is 9.78 Å². The highest BCUT2D eigenvalue weighted by atomic mass is 32.1. The minimum Gasteiger partial charge on any atom is -0.384 e. The number of hydrogen-bond acceptors (Lipinski definition) is 6. The van der Waals surface area contributed by atoms with Crippen molar-refractivity contribution < 1.29 is 4.79 Å². The second-order valence-corrected chi connectivity index (χ2v) is 6.34. The van der Waals surface area contributed by atoms with E-state index in [0.29, 0.717) is 12.2 Å². The first-order chi connectivity index (χ1) is 11.4. The van der Waals surface area contributed by atoms with Gasteiger partial charge in [0.05, 0.1) is 10.7 Å². The summed E-state index contributed by atoms with van der Waals surface area (Å²) in [5, 5.41) is 5.16. The molecule has 0 spiro atoms. The average Bonchev–Trinajstić information content (AvgIpc) is 2.96. The topological polar surface area (TPSA) is 112 Å². The molecular formula is C15H21N5O3S. The molecule has 0 fully saturated rings. The number of carbonyl (C=O) groups is 1. The van der Waals surface area contributed by atoms with Crippen LogP contribution < -0.4 is 22.3 Å². The first-order valence-corrected chi connectivity index (χ1v) is 8.60. The fourth-order valence-electron chi connectivity index (χ4n) is 2.34. The van der Waals surface area contributed by atoms with Crippen LogP contribution in [-0.2, 0) is 17.9 Å². The van der Waals surface area contributed by atoms with E-state index < -0.39 is 11.2 Å². The van der Waals surface area contributed by atoms with Gasteiger partial charge in [-0.1, -0.05) is 6.92 Å². The van der Waals surface area contributed by atoms with Crippen LogP contribution >= 0.6 is 11.3 Å². The number of nitrogens with two attached hydrogens (primary N) is 1. The molecule has 2 rings (SSSR count). The lowest BCUT2D eigenvalue weighted by molar-refractivity contribution is -0.121. The van der Waals surface area contributed by atoms with Crippen LogP contribution in [0.5, 0.6) is 0 Å². The maximum atomic E-state index is 12.8. The van der Waals surface area contributed by atoms with Crippen LogP contribution in [0.4, 0.5) is 5.82 Å². The summed E-state index contributed by atoms with van der Waals surface area (Å²) in [6, 6.07) is 0. The number of amides is 1. The Bertz CT molecular complexity index is 865. The van der Waals surface area contributed by atoms with E-state index in [9.17, 15) is 14.4 Å². The minimum atomic E-state index is -0.598. The summed E-state index contributed by atoms with van der Waals surface area (Å²) in [5.41, 5.74) is 5.42. The first-order valence-electron chi connectivity index (χ1n) is 7.72. The van der Waals surface area contributed by atoms with Crippen molar-refractivity contribution in [3.63, 3.8) is 0 Å². The zero-order chi connectivity index (χ0) is 17.9. The Morgan fingerprint density at radius 1 is 1.33 bits per heavy atom. The predicted octanol–water partition coefficient (Wildman–Crippen LogP) is 0.570. The SMILES string of the molecule is CCCNC(=O)Cn1c(=O)c(-c2csc(C)n2)c(N)n(CC)c1=O. The van der Waals surface area contributed by atoms with Gasteiger partial charge in [-0.15, -0.1) is 11.3 Å². The highest BCUT2D eigenvalue weighted by Crippen LogP contribution is 2.22. The molecule has 8 nitrogen and oxygen atoms in total. The number of aromatic nitrogens is 3. The smallest absolute Gasteiger partial charge is 0.333 e. The van der Waals surface area contributed by atoms with Crippen molar-refractivity contribution in [1.82, 2.24) is 19.4 Å². The van der Waals surface area contributed by atoms with Gasteiger partial charge in [0.1, 0.15) is 17.9 Å². The van der Waals surface area contributed by atoms with Crippen molar-refractivity contribution in [2.45, 2.75) is 40.3 Å². The molecule has 0 atom stereocenters. The number of hydrogen-bond donors (Lipinski definition) is 2. The summed E-state index contributed by atoms with van der Waals surface area (Å²) in [7, 11) is 0. The molecular weight excluding hydrogens is 330 g/mol. The fraction of sp³-hybridized carbons (Fsp3) is 0.467. The van der Waals surface area contributed by atoms with Crippen LogP contribution in [0, 0.1) is 6.92 Å². The average molecular weight is 351 g/mol. The number of nitrogens with zero attached hydrogens (tertiary/aromatic N) is 3. The highest BCUT2D eigenvalue weighted by Gasteiger charge is 2.21. The van der Waals surface area contributed by atoms with Crippen molar-refractivity contribution in [1.29, 1.82) is 0 Å². The lowest BCUT2D eigenvalue weighted by Crippen LogP contribution is -2.45. The summed E-state index contributed by atoms with van der Waals surface area (Å²) < 4.78 is 2.19. The molecule has 0 saturated carbocycles. The van der Waals surface area contributed by atoms with Gasteiger partial charge in [-0.05, 0) is 20.3 Å². The van der Waals surface area contributed by atoms with Crippen LogP contribution in [0.15, 0.2) is 15.0 Å². The lowest BCUT2D eigenvalue weighted by atomic mass is 10.2. The molecule has 3 N–H and O–H groups in total. The molecule has 0 unspecified atom stereocenters. The lowest BCUT2D eigenvalue weighted by Gasteiger charge is -2.14. The zero-order valence-electron chi connectivity index (χ0n) is 14.0. The van der Waals surface area contributed by atoms with Gasteiger partial charge in [-0.2, -0.15) is 0 Å². The number of carbonyl (C=O) groups excluding carboxylic acids is 1. The molecule has 2 heterocycles. The Balaban J connectivity index is 2.61. The molecule has 0 bridgehead atoms. The maximum absolute atomic E-state index is 12.8. The molecule has 0 aromatic carbocycles. The van der Waals surface area contributed by atoms with E-state index in [-0.39, 0.29) is 30.4 Å². The second kappa shape index (κ2) is 7.43. The van der Waals surface area contributed by atoms with E-state index in [2.05, 4.69) is 10.3 Å². The monoisotopic (exact) mass is 351 g/mol. The zero-order valence-corrected chi connectivity index (χ0v) is 14.8. The van der Waals surface area contributed by atoms with E-state index in [1.165, 1.54) is 15.9 Å². The van der Waals surface area contributed by atoms with Crippen molar-refractivity contribution in [2.75, 3.05) is 12.3 Å².